The minimum atomic E-state index is 0. The van der Waals surface area contributed by atoms with Crippen molar-refractivity contribution >= 4 is 30.3 Å². The second kappa shape index (κ2) is 4.66. The van der Waals surface area contributed by atoms with Gasteiger partial charge >= 0.3 is 0 Å². The summed E-state index contributed by atoms with van der Waals surface area (Å²) < 4.78 is 0. The lowest BCUT2D eigenvalue weighted by atomic mass is 10.7. The lowest BCUT2D eigenvalue weighted by Crippen LogP contribution is -2.15. The molecule has 0 atom stereocenters. The van der Waals surface area contributed by atoms with Crippen LogP contribution < -0.4 is 16.0 Å². The molecule has 3 N–H and O–H groups in total. The van der Waals surface area contributed by atoms with Crippen LogP contribution in [0.15, 0.2) is 0 Å². The van der Waals surface area contributed by atoms with Crippen LogP contribution in [0.5, 0.6) is 0 Å². The van der Waals surface area contributed by atoms with E-state index in [1.54, 1.807) is 11.9 Å². The highest BCUT2D eigenvalue weighted by Gasteiger charge is 2.03. The first kappa shape index (κ1) is 11.7. The molecule has 0 aliphatic rings. The van der Waals surface area contributed by atoms with Crippen LogP contribution in [-0.4, -0.2) is 36.1 Å². The molecule has 1 heterocycles. The van der Waals surface area contributed by atoms with Gasteiger partial charge in [-0.05, 0) is 0 Å². The van der Waals surface area contributed by atoms with E-state index in [9.17, 15) is 0 Å². The van der Waals surface area contributed by atoms with Gasteiger partial charge in [0.15, 0.2) is 0 Å². The fraction of sp³-hybridized carbons (Fsp3) is 0.500. The molecule has 0 spiro atoms. The molecule has 7 heteroatoms. The van der Waals surface area contributed by atoms with Gasteiger partial charge in [0.1, 0.15) is 0 Å². The Morgan fingerprint density at radius 1 is 1.23 bits per heavy atom. The van der Waals surface area contributed by atoms with Crippen molar-refractivity contribution in [3.8, 4) is 0 Å². The number of anilines is 3. The molecule has 0 aliphatic heterocycles. The highest BCUT2D eigenvalue weighted by atomic mass is 35.5. The molecule has 0 aromatic carbocycles. The van der Waals surface area contributed by atoms with Gasteiger partial charge in [-0.1, -0.05) is 0 Å². The van der Waals surface area contributed by atoms with Gasteiger partial charge in [-0.15, -0.1) is 12.4 Å². The van der Waals surface area contributed by atoms with Gasteiger partial charge in [0, 0.05) is 21.1 Å². The van der Waals surface area contributed by atoms with Gasteiger partial charge in [0.2, 0.25) is 17.8 Å². The standard InChI is InChI=1S/C6H12N6.ClH/c1-8-5-9-4(7)10-6(11-5)12(2)3;/h1-3H3,(H3,7,8,9,10,11);1H. The zero-order valence-corrected chi connectivity index (χ0v) is 8.59. The molecule has 1 aromatic rings. The fourth-order valence-electron chi connectivity index (χ4n) is 0.692. The number of nitrogens with one attached hydrogen (secondary N) is 1. The van der Waals surface area contributed by atoms with E-state index in [4.69, 9.17) is 5.73 Å². The molecule has 1 rings (SSSR count). The van der Waals surface area contributed by atoms with Crippen molar-refractivity contribution in [3.63, 3.8) is 0 Å². The van der Waals surface area contributed by atoms with E-state index in [0.29, 0.717) is 11.9 Å². The minimum absolute atomic E-state index is 0. The normalized spacial score (nSPS) is 8.85. The van der Waals surface area contributed by atoms with Crippen LogP contribution in [0.4, 0.5) is 17.8 Å². The van der Waals surface area contributed by atoms with Crippen LogP contribution >= 0.6 is 12.4 Å². The molecule has 0 amide bonds. The zero-order chi connectivity index (χ0) is 9.14. The Labute approximate surface area is 83.0 Å². The summed E-state index contributed by atoms with van der Waals surface area (Å²) in [5, 5.41) is 2.79. The van der Waals surface area contributed by atoms with Crippen LogP contribution in [0, 0.1) is 0 Å². The summed E-state index contributed by atoms with van der Waals surface area (Å²) in [6, 6.07) is 0. The molecule has 0 unspecified atom stereocenters. The quantitative estimate of drug-likeness (QED) is 0.705. The Hall–Kier alpha value is -1.30. The summed E-state index contributed by atoms with van der Waals surface area (Å²) in [6.45, 7) is 0. The Morgan fingerprint density at radius 2 is 1.85 bits per heavy atom. The van der Waals surface area contributed by atoms with Gasteiger partial charge in [-0.2, -0.15) is 15.0 Å². The number of halogens is 1. The van der Waals surface area contributed by atoms with Gasteiger partial charge < -0.3 is 16.0 Å². The van der Waals surface area contributed by atoms with Crippen molar-refractivity contribution in [2.45, 2.75) is 0 Å². The molecular formula is C6H13ClN6. The Balaban J connectivity index is 0.00000144. The molecule has 0 fully saturated rings. The van der Waals surface area contributed by atoms with Crippen LogP contribution in [-0.2, 0) is 0 Å². The molecule has 1 aromatic heterocycles. The predicted molar refractivity (Wildman–Crippen MR) is 55.4 cm³/mol. The van der Waals surface area contributed by atoms with E-state index in [1.807, 2.05) is 14.1 Å². The molecule has 13 heavy (non-hydrogen) atoms. The van der Waals surface area contributed by atoms with E-state index in [1.165, 1.54) is 0 Å². The Bertz CT molecular complexity index is 276. The number of nitrogens with zero attached hydrogens (tertiary/aromatic N) is 4. The third kappa shape index (κ3) is 2.90. The summed E-state index contributed by atoms with van der Waals surface area (Å²) in [4.78, 5) is 13.6. The number of nitrogen functional groups attached to an aromatic ring is 1. The van der Waals surface area contributed by atoms with Crippen molar-refractivity contribution in [1.29, 1.82) is 0 Å². The van der Waals surface area contributed by atoms with E-state index in [0.717, 1.165) is 0 Å². The van der Waals surface area contributed by atoms with Crippen molar-refractivity contribution in [2.24, 2.45) is 0 Å². The summed E-state index contributed by atoms with van der Waals surface area (Å²) in [5.74, 6) is 1.25. The second-order valence-corrected chi connectivity index (χ2v) is 2.46. The van der Waals surface area contributed by atoms with E-state index < -0.39 is 0 Å². The van der Waals surface area contributed by atoms with E-state index >= 15 is 0 Å². The third-order valence-electron chi connectivity index (χ3n) is 1.26. The third-order valence-corrected chi connectivity index (χ3v) is 1.26. The smallest absolute Gasteiger partial charge is 0.231 e. The largest absolute Gasteiger partial charge is 0.368 e. The minimum Gasteiger partial charge on any atom is -0.368 e. The average molecular weight is 205 g/mol. The monoisotopic (exact) mass is 204 g/mol. The lowest BCUT2D eigenvalue weighted by Gasteiger charge is -2.10. The number of aromatic nitrogens is 3. The molecule has 6 nitrogen and oxygen atoms in total. The maximum atomic E-state index is 5.44. The van der Waals surface area contributed by atoms with Crippen LogP contribution in [0.1, 0.15) is 0 Å². The highest BCUT2D eigenvalue weighted by molar-refractivity contribution is 5.85. The Kier molecular flexibility index (Phi) is 4.19. The van der Waals surface area contributed by atoms with Crippen LogP contribution in [0.2, 0.25) is 0 Å². The zero-order valence-electron chi connectivity index (χ0n) is 7.77. The summed E-state index contributed by atoms with van der Waals surface area (Å²) in [7, 11) is 5.41. The van der Waals surface area contributed by atoms with Gasteiger partial charge in [0.05, 0.1) is 0 Å². The van der Waals surface area contributed by atoms with Crippen molar-refractivity contribution < 1.29 is 0 Å². The van der Waals surface area contributed by atoms with Gasteiger partial charge in [-0.25, -0.2) is 0 Å². The lowest BCUT2D eigenvalue weighted by molar-refractivity contribution is 0.966. The first-order valence-electron chi connectivity index (χ1n) is 3.50. The molecule has 0 saturated carbocycles. The SMILES string of the molecule is CNc1nc(N)nc(N(C)C)n1.Cl. The summed E-state index contributed by atoms with van der Waals surface area (Å²) in [6.07, 6.45) is 0. The van der Waals surface area contributed by atoms with Crippen molar-refractivity contribution in [1.82, 2.24) is 15.0 Å². The number of hydrogen-bond donors (Lipinski definition) is 2. The second-order valence-electron chi connectivity index (χ2n) is 2.46. The number of nitrogens with two attached hydrogens (primary N) is 1. The summed E-state index contributed by atoms with van der Waals surface area (Å²) in [5.41, 5.74) is 5.44. The van der Waals surface area contributed by atoms with Crippen molar-refractivity contribution in [2.75, 3.05) is 37.1 Å². The summed E-state index contributed by atoms with van der Waals surface area (Å²) >= 11 is 0. The fourth-order valence-corrected chi connectivity index (χ4v) is 0.692. The molecule has 0 aliphatic carbocycles. The molecule has 0 saturated heterocycles. The predicted octanol–water partition coefficient (Wildman–Crippen LogP) is -0.0167. The van der Waals surface area contributed by atoms with E-state index in [-0.39, 0.29) is 18.4 Å². The molecule has 0 bridgehead atoms. The van der Waals surface area contributed by atoms with Gasteiger partial charge in [-0.3, -0.25) is 0 Å². The first-order valence-corrected chi connectivity index (χ1v) is 3.50. The van der Waals surface area contributed by atoms with Crippen molar-refractivity contribution in [3.05, 3.63) is 0 Å². The molecule has 74 valence electrons. The molecule has 0 radical (unpaired) electrons. The molecular weight excluding hydrogens is 192 g/mol. The van der Waals surface area contributed by atoms with Crippen LogP contribution in [0.25, 0.3) is 0 Å². The average Bonchev–Trinajstić information content (AvgIpc) is 2.03. The highest BCUT2D eigenvalue weighted by Crippen LogP contribution is 2.07. The Morgan fingerprint density at radius 3 is 2.31 bits per heavy atom. The number of rotatable bonds is 2. The van der Waals surface area contributed by atoms with Crippen LogP contribution in [0.3, 0.4) is 0 Å². The maximum absolute atomic E-state index is 5.44. The van der Waals surface area contributed by atoms with E-state index in [2.05, 4.69) is 20.3 Å². The maximum Gasteiger partial charge on any atom is 0.231 e. The van der Waals surface area contributed by atoms with Gasteiger partial charge in [0.25, 0.3) is 0 Å². The topological polar surface area (TPSA) is 80.0 Å². The number of hydrogen-bond acceptors (Lipinski definition) is 6. The first-order chi connectivity index (χ1) is 5.63.